The van der Waals surface area contributed by atoms with Crippen LogP contribution in [0.5, 0.6) is 0 Å². The molecule has 0 atom stereocenters. The molecule has 1 amide bonds. The summed E-state index contributed by atoms with van der Waals surface area (Å²) in [6, 6.07) is 0. The highest BCUT2D eigenvalue weighted by Gasteiger charge is 2.18. The molecule has 0 spiro atoms. The molecular weight excluding hydrogens is 224 g/mol. The van der Waals surface area contributed by atoms with Crippen molar-refractivity contribution in [1.82, 2.24) is 19.6 Å². The van der Waals surface area contributed by atoms with Gasteiger partial charge in [-0.1, -0.05) is 0 Å². The maximum absolute atomic E-state index is 11.6. The molecule has 1 fully saturated rings. The van der Waals surface area contributed by atoms with Crippen LogP contribution in [0.4, 0.5) is 0 Å². The molecule has 5 nitrogen and oxygen atoms in total. The molecular formula is C10H12N4OS. The maximum atomic E-state index is 11.6. The summed E-state index contributed by atoms with van der Waals surface area (Å²) >= 11 is 1.61. The van der Waals surface area contributed by atoms with Crippen LogP contribution in [0.25, 0.3) is 4.96 Å². The average molecular weight is 236 g/mol. The van der Waals surface area contributed by atoms with Crippen molar-refractivity contribution in [3.63, 3.8) is 0 Å². The minimum absolute atomic E-state index is 0.155. The number of carbonyl (C=O) groups excluding carboxylic acids is 1. The van der Waals surface area contributed by atoms with Crippen LogP contribution >= 0.6 is 11.3 Å². The third-order valence-corrected chi connectivity index (χ3v) is 3.45. The van der Waals surface area contributed by atoms with E-state index < -0.39 is 0 Å². The summed E-state index contributed by atoms with van der Waals surface area (Å²) in [5.74, 6) is 0.155. The molecule has 0 aliphatic carbocycles. The lowest BCUT2D eigenvalue weighted by molar-refractivity contribution is -0.132. The minimum atomic E-state index is 0.155. The van der Waals surface area contributed by atoms with E-state index >= 15 is 0 Å². The van der Waals surface area contributed by atoms with Crippen molar-refractivity contribution in [2.75, 3.05) is 19.6 Å². The highest BCUT2D eigenvalue weighted by Crippen LogP contribution is 2.13. The summed E-state index contributed by atoms with van der Waals surface area (Å²) in [5, 5.41) is 5.06. The number of hydrogen-bond acceptors (Lipinski definition) is 4. The number of imidazole rings is 1. The van der Waals surface area contributed by atoms with Gasteiger partial charge in [-0.15, -0.1) is 11.3 Å². The van der Waals surface area contributed by atoms with Gasteiger partial charge in [0.25, 0.3) is 0 Å². The van der Waals surface area contributed by atoms with E-state index in [0.717, 1.165) is 23.7 Å². The molecule has 6 heteroatoms. The molecule has 1 N–H and O–H groups in total. The summed E-state index contributed by atoms with van der Waals surface area (Å²) in [6.45, 7) is 2.70. The van der Waals surface area contributed by atoms with Crippen molar-refractivity contribution in [3.8, 4) is 0 Å². The van der Waals surface area contributed by atoms with Gasteiger partial charge in [-0.2, -0.15) is 0 Å². The molecule has 3 heterocycles. The molecule has 2 aromatic rings. The zero-order valence-corrected chi connectivity index (χ0v) is 9.54. The van der Waals surface area contributed by atoms with Gasteiger partial charge in [0, 0.05) is 30.9 Å². The Morgan fingerprint density at radius 2 is 2.50 bits per heavy atom. The van der Waals surface area contributed by atoms with Gasteiger partial charge in [0.15, 0.2) is 4.96 Å². The third kappa shape index (κ3) is 1.70. The average Bonchev–Trinajstić information content (AvgIpc) is 2.81. The Morgan fingerprint density at radius 3 is 3.31 bits per heavy atom. The van der Waals surface area contributed by atoms with Crippen LogP contribution in [0, 0.1) is 0 Å². The second-order valence-electron chi connectivity index (χ2n) is 3.82. The number of carbonyl (C=O) groups is 1. The second-order valence-corrected chi connectivity index (χ2v) is 4.69. The van der Waals surface area contributed by atoms with Crippen LogP contribution in [0.15, 0.2) is 17.8 Å². The molecule has 84 valence electrons. The normalized spacial score (nSPS) is 17.2. The highest BCUT2D eigenvalue weighted by molar-refractivity contribution is 7.15. The van der Waals surface area contributed by atoms with Gasteiger partial charge in [0.2, 0.25) is 5.91 Å². The Hall–Kier alpha value is -1.40. The zero-order chi connectivity index (χ0) is 11.0. The number of thiazole rings is 1. The van der Waals surface area contributed by atoms with Crippen LogP contribution in [-0.4, -0.2) is 39.8 Å². The monoisotopic (exact) mass is 236 g/mol. The second kappa shape index (κ2) is 3.88. The Labute approximate surface area is 96.7 Å². The maximum Gasteiger partial charge on any atom is 0.236 e. The predicted molar refractivity (Wildman–Crippen MR) is 61.4 cm³/mol. The van der Waals surface area contributed by atoms with Gasteiger partial charge in [-0.05, 0) is 0 Å². The summed E-state index contributed by atoms with van der Waals surface area (Å²) in [4.78, 5) is 18.9. The van der Waals surface area contributed by atoms with Crippen molar-refractivity contribution in [2.24, 2.45) is 0 Å². The number of fused-ring (bicyclic) bond motifs is 1. The largest absolute Gasteiger partial charge is 0.334 e. The van der Waals surface area contributed by atoms with Gasteiger partial charge in [-0.25, -0.2) is 4.98 Å². The molecule has 1 aliphatic heterocycles. The fourth-order valence-electron chi connectivity index (χ4n) is 1.86. The van der Waals surface area contributed by atoms with Gasteiger partial charge in [0.05, 0.1) is 18.8 Å². The number of piperazine rings is 1. The van der Waals surface area contributed by atoms with Gasteiger partial charge < -0.3 is 10.2 Å². The number of aromatic nitrogens is 2. The molecule has 0 aromatic carbocycles. The summed E-state index contributed by atoms with van der Waals surface area (Å²) in [5.41, 5.74) is 0.960. The molecule has 3 rings (SSSR count). The first-order valence-electron chi connectivity index (χ1n) is 5.22. The molecule has 0 bridgehead atoms. The quantitative estimate of drug-likeness (QED) is 0.817. The van der Waals surface area contributed by atoms with Crippen molar-refractivity contribution < 1.29 is 4.79 Å². The van der Waals surface area contributed by atoms with Crippen LogP contribution in [0.2, 0.25) is 0 Å². The van der Waals surface area contributed by atoms with Crippen LogP contribution in [-0.2, 0) is 11.3 Å². The minimum Gasteiger partial charge on any atom is -0.334 e. The van der Waals surface area contributed by atoms with E-state index in [0.29, 0.717) is 13.1 Å². The van der Waals surface area contributed by atoms with Gasteiger partial charge in [-0.3, -0.25) is 9.20 Å². The highest BCUT2D eigenvalue weighted by atomic mass is 32.1. The third-order valence-electron chi connectivity index (χ3n) is 2.68. The first kappa shape index (κ1) is 9.80. The number of rotatable bonds is 2. The van der Waals surface area contributed by atoms with E-state index in [1.54, 1.807) is 11.3 Å². The Kier molecular flexibility index (Phi) is 2.37. The lowest BCUT2D eigenvalue weighted by Crippen LogP contribution is -2.47. The van der Waals surface area contributed by atoms with E-state index in [-0.39, 0.29) is 5.91 Å². The van der Waals surface area contributed by atoms with Crippen molar-refractivity contribution in [3.05, 3.63) is 23.5 Å². The molecule has 2 aromatic heterocycles. The molecule has 1 aliphatic rings. The van der Waals surface area contributed by atoms with E-state index in [4.69, 9.17) is 0 Å². The molecule has 1 saturated heterocycles. The Bertz CT molecular complexity index is 489. The summed E-state index contributed by atoms with van der Waals surface area (Å²) in [7, 11) is 0. The lowest BCUT2D eigenvalue weighted by atomic mass is 10.3. The van der Waals surface area contributed by atoms with Crippen molar-refractivity contribution >= 4 is 22.2 Å². The zero-order valence-electron chi connectivity index (χ0n) is 8.72. The van der Waals surface area contributed by atoms with E-state index in [9.17, 15) is 4.79 Å². The van der Waals surface area contributed by atoms with Crippen LogP contribution < -0.4 is 5.32 Å². The van der Waals surface area contributed by atoms with Crippen molar-refractivity contribution in [2.45, 2.75) is 6.54 Å². The topological polar surface area (TPSA) is 49.6 Å². The van der Waals surface area contributed by atoms with Crippen LogP contribution in [0.1, 0.15) is 5.69 Å². The number of nitrogens with zero attached hydrogens (tertiary/aromatic N) is 3. The number of nitrogens with one attached hydrogen (secondary N) is 1. The molecule has 0 saturated carbocycles. The molecule has 0 radical (unpaired) electrons. The van der Waals surface area contributed by atoms with E-state index in [1.807, 2.05) is 27.1 Å². The summed E-state index contributed by atoms with van der Waals surface area (Å²) < 4.78 is 1.99. The standard InChI is InChI=1S/C10H12N4OS/c15-9-5-11-1-2-13(9)6-8-7-14-3-4-16-10(14)12-8/h3-4,7,11H,1-2,5-6H2. The van der Waals surface area contributed by atoms with E-state index in [1.165, 1.54) is 0 Å². The Balaban J connectivity index is 1.78. The van der Waals surface area contributed by atoms with E-state index in [2.05, 4.69) is 10.3 Å². The number of amides is 1. The molecule has 0 unspecified atom stereocenters. The fourth-order valence-corrected chi connectivity index (χ4v) is 2.58. The SMILES string of the molecule is O=C1CNCCN1Cc1cn2ccsc2n1. The first-order valence-corrected chi connectivity index (χ1v) is 6.10. The summed E-state index contributed by atoms with van der Waals surface area (Å²) in [6.07, 6.45) is 3.97. The molecule has 16 heavy (non-hydrogen) atoms. The lowest BCUT2D eigenvalue weighted by Gasteiger charge is -2.26. The smallest absolute Gasteiger partial charge is 0.236 e. The number of hydrogen-bond donors (Lipinski definition) is 1. The fraction of sp³-hybridized carbons (Fsp3) is 0.400. The first-order chi connectivity index (χ1) is 7.83. The predicted octanol–water partition coefficient (Wildman–Crippen LogP) is 0.328. The van der Waals surface area contributed by atoms with Crippen molar-refractivity contribution in [1.29, 1.82) is 0 Å². The Morgan fingerprint density at radius 1 is 1.56 bits per heavy atom. The van der Waals surface area contributed by atoms with Gasteiger partial charge >= 0.3 is 0 Å². The van der Waals surface area contributed by atoms with Gasteiger partial charge in [0.1, 0.15) is 0 Å². The van der Waals surface area contributed by atoms with Crippen LogP contribution in [0.3, 0.4) is 0 Å².